The number of amides is 1. The summed E-state index contributed by atoms with van der Waals surface area (Å²) in [4.78, 5) is 24.4. The molecule has 3 aromatic heterocycles. The third-order valence-corrected chi connectivity index (χ3v) is 7.64. The van der Waals surface area contributed by atoms with Gasteiger partial charge in [0.2, 0.25) is 0 Å². The lowest BCUT2D eigenvalue weighted by Crippen LogP contribution is -2.43. The summed E-state index contributed by atoms with van der Waals surface area (Å²) in [7, 11) is 0. The predicted molar refractivity (Wildman–Crippen MR) is 138 cm³/mol. The molecular weight excluding hydrogens is 471 g/mol. The van der Waals surface area contributed by atoms with Crippen LogP contribution in [0.25, 0.3) is 11.4 Å². The van der Waals surface area contributed by atoms with E-state index in [1.165, 1.54) is 22.5 Å². The van der Waals surface area contributed by atoms with Gasteiger partial charge in [0.05, 0.1) is 48.2 Å². The van der Waals surface area contributed by atoms with Gasteiger partial charge in [-0.25, -0.2) is 14.1 Å². The van der Waals surface area contributed by atoms with Gasteiger partial charge in [-0.3, -0.25) is 14.7 Å². The first-order chi connectivity index (χ1) is 18.1. The number of rotatable bonds is 6. The van der Waals surface area contributed by atoms with Gasteiger partial charge in [-0.05, 0) is 74.3 Å². The van der Waals surface area contributed by atoms with Crippen LogP contribution >= 0.6 is 0 Å². The predicted octanol–water partition coefficient (Wildman–Crippen LogP) is 4.51. The molecule has 1 atom stereocenters. The van der Waals surface area contributed by atoms with Gasteiger partial charge in [0.25, 0.3) is 5.91 Å². The summed E-state index contributed by atoms with van der Waals surface area (Å²) in [5.41, 5.74) is 4.60. The molecule has 4 heterocycles. The average molecular weight is 503 g/mol. The number of aromatic nitrogens is 4. The maximum absolute atomic E-state index is 14.7. The molecule has 1 unspecified atom stereocenters. The minimum Gasteiger partial charge on any atom is -0.379 e. The molecule has 0 spiro atoms. The summed E-state index contributed by atoms with van der Waals surface area (Å²) >= 11 is 0. The molecule has 37 heavy (non-hydrogen) atoms. The standard InChI is InChI=1S/C28H31FN6O2/c1-18-24(17-32-35(18)27-25(29)14-21(15-31-27)19-2-3-19)28(36)33-22-6-9-26(30-16-22)20-4-7-23(8-5-20)34-10-12-37-13-11-34/h4,6,9,14-17,19,23H,2-3,5,7-8,10-13H2,1H3,(H,33,36). The molecule has 9 heteroatoms. The number of nitrogens with one attached hydrogen (secondary N) is 1. The molecule has 8 nitrogen and oxygen atoms in total. The van der Waals surface area contributed by atoms with Crippen molar-refractivity contribution in [2.75, 3.05) is 31.6 Å². The molecule has 3 aliphatic rings. The van der Waals surface area contributed by atoms with Crippen LogP contribution in [-0.4, -0.2) is 62.9 Å². The van der Waals surface area contributed by atoms with Crippen molar-refractivity contribution in [3.63, 3.8) is 0 Å². The molecule has 1 amide bonds. The zero-order valence-electron chi connectivity index (χ0n) is 21.0. The summed E-state index contributed by atoms with van der Waals surface area (Å²) in [6.07, 6.45) is 12.4. The number of ether oxygens (including phenoxy) is 1. The van der Waals surface area contributed by atoms with Crippen LogP contribution in [0.4, 0.5) is 10.1 Å². The normalized spacial score (nSPS) is 20.5. The lowest BCUT2D eigenvalue weighted by atomic mass is 9.92. The van der Waals surface area contributed by atoms with Crippen LogP contribution in [0.5, 0.6) is 0 Å². The molecule has 1 aliphatic heterocycles. The summed E-state index contributed by atoms with van der Waals surface area (Å²) < 4.78 is 21.6. The van der Waals surface area contributed by atoms with E-state index in [1.807, 2.05) is 12.1 Å². The van der Waals surface area contributed by atoms with Crippen LogP contribution in [0.2, 0.25) is 0 Å². The monoisotopic (exact) mass is 502 g/mol. The SMILES string of the molecule is Cc1c(C(=O)Nc2ccc(C3=CCC(N4CCOCC4)CC3)nc2)cnn1-c1ncc(C2CC2)cc1F. The molecular formula is C28H31FN6O2. The first-order valence-electron chi connectivity index (χ1n) is 13.1. The van der Waals surface area contributed by atoms with Gasteiger partial charge in [0.15, 0.2) is 11.6 Å². The molecule has 192 valence electrons. The van der Waals surface area contributed by atoms with Crippen molar-refractivity contribution in [2.45, 2.75) is 51.0 Å². The topological polar surface area (TPSA) is 85.2 Å². The van der Waals surface area contributed by atoms with Crippen molar-refractivity contribution < 1.29 is 13.9 Å². The molecule has 0 radical (unpaired) electrons. The van der Waals surface area contributed by atoms with E-state index in [-0.39, 0.29) is 11.7 Å². The number of carbonyl (C=O) groups is 1. The Kier molecular flexibility index (Phi) is 6.56. The van der Waals surface area contributed by atoms with E-state index in [2.05, 4.69) is 31.4 Å². The quantitative estimate of drug-likeness (QED) is 0.534. The maximum Gasteiger partial charge on any atom is 0.259 e. The highest BCUT2D eigenvalue weighted by molar-refractivity contribution is 6.04. The second-order valence-corrected chi connectivity index (χ2v) is 10.1. The second kappa shape index (κ2) is 10.1. The molecule has 3 aromatic rings. The first-order valence-corrected chi connectivity index (χ1v) is 13.1. The van der Waals surface area contributed by atoms with Crippen molar-refractivity contribution in [3.05, 3.63) is 71.2 Å². The lowest BCUT2D eigenvalue weighted by molar-refractivity contribution is 0.0150. The summed E-state index contributed by atoms with van der Waals surface area (Å²) in [5.74, 6) is -0.240. The number of nitrogens with zero attached hydrogens (tertiary/aromatic N) is 5. The lowest BCUT2D eigenvalue weighted by Gasteiger charge is -2.36. The number of pyridine rings is 2. The Hall–Kier alpha value is -3.43. The van der Waals surface area contributed by atoms with E-state index < -0.39 is 5.82 Å². The molecule has 1 saturated carbocycles. The Balaban J connectivity index is 1.10. The molecule has 1 N–H and O–H groups in total. The van der Waals surface area contributed by atoms with Gasteiger partial charge >= 0.3 is 0 Å². The third kappa shape index (κ3) is 5.06. The highest BCUT2D eigenvalue weighted by Gasteiger charge is 2.26. The van der Waals surface area contributed by atoms with E-state index in [0.717, 1.165) is 69.7 Å². The number of hydrogen-bond acceptors (Lipinski definition) is 6. The number of hydrogen-bond donors (Lipinski definition) is 1. The van der Waals surface area contributed by atoms with Crippen LogP contribution in [-0.2, 0) is 4.74 Å². The molecule has 0 aromatic carbocycles. The summed E-state index contributed by atoms with van der Waals surface area (Å²) in [6.45, 7) is 5.40. The third-order valence-electron chi connectivity index (χ3n) is 7.64. The Bertz CT molecular complexity index is 1320. The van der Waals surface area contributed by atoms with Gasteiger partial charge < -0.3 is 10.1 Å². The van der Waals surface area contributed by atoms with Gasteiger partial charge in [-0.1, -0.05) is 6.08 Å². The Morgan fingerprint density at radius 1 is 1.11 bits per heavy atom. The smallest absolute Gasteiger partial charge is 0.259 e. The Labute approximate surface area is 215 Å². The van der Waals surface area contributed by atoms with Crippen molar-refractivity contribution >= 4 is 17.2 Å². The number of morpholine rings is 1. The fraction of sp³-hybridized carbons (Fsp3) is 0.429. The first kappa shape index (κ1) is 23.9. The van der Waals surface area contributed by atoms with Crippen molar-refractivity contribution in [3.8, 4) is 5.82 Å². The van der Waals surface area contributed by atoms with Crippen LogP contribution in [0.3, 0.4) is 0 Å². The highest BCUT2D eigenvalue weighted by atomic mass is 19.1. The van der Waals surface area contributed by atoms with Gasteiger partial charge in [-0.2, -0.15) is 5.10 Å². The van der Waals surface area contributed by atoms with Gasteiger partial charge in [0, 0.05) is 25.3 Å². The number of halogens is 1. The van der Waals surface area contributed by atoms with Crippen LogP contribution in [0.15, 0.2) is 42.9 Å². The molecule has 6 rings (SSSR count). The fourth-order valence-electron chi connectivity index (χ4n) is 5.27. The average Bonchev–Trinajstić information content (AvgIpc) is 3.72. The van der Waals surface area contributed by atoms with Crippen molar-refractivity contribution in [1.82, 2.24) is 24.6 Å². The number of carbonyl (C=O) groups excluding carboxylic acids is 1. The molecule has 0 bridgehead atoms. The van der Waals surface area contributed by atoms with E-state index in [4.69, 9.17) is 4.74 Å². The van der Waals surface area contributed by atoms with Gasteiger partial charge in [0.1, 0.15) is 0 Å². The highest BCUT2D eigenvalue weighted by Crippen LogP contribution is 2.40. The zero-order valence-corrected chi connectivity index (χ0v) is 21.0. The van der Waals surface area contributed by atoms with E-state index in [1.54, 1.807) is 19.3 Å². The van der Waals surface area contributed by atoms with E-state index in [0.29, 0.717) is 28.9 Å². The second-order valence-electron chi connectivity index (χ2n) is 10.1. The largest absolute Gasteiger partial charge is 0.379 e. The van der Waals surface area contributed by atoms with Gasteiger partial charge in [-0.15, -0.1) is 0 Å². The molecule has 1 saturated heterocycles. The Morgan fingerprint density at radius 3 is 2.62 bits per heavy atom. The molecule has 2 fully saturated rings. The summed E-state index contributed by atoms with van der Waals surface area (Å²) in [5, 5.41) is 7.12. The van der Waals surface area contributed by atoms with Crippen molar-refractivity contribution in [2.24, 2.45) is 0 Å². The summed E-state index contributed by atoms with van der Waals surface area (Å²) in [6, 6.07) is 5.92. The Morgan fingerprint density at radius 2 is 1.95 bits per heavy atom. The maximum atomic E-state index is 14.7. The van der Waals surface area contributed by atoms with Crippen molar-refractivity contribution in [1.29, 1.82) is 0 Å². The molecule has 2 aliphatic carbocycles. The van der Waals surface area contributed by atoms with E-state index in [9.17, 15) is 9.18 Å². The fourth-order valence-corrected chi connectivity index (χ4v) is 5.27. The minimum atomic E-state index is -0.435. The zero-order chi connectivity index (χ0) is 25.4. The van der Waals surface area contributed by atoms with Crippen LogP contribution in [0.1, 0.15) is 65.3 Å². The van der Waals surface area contributed by atoms with Crippen LogP contribution < -0.4 is 5.32 Å². The van der Waals surface area contributed by atoms with E-state index >= 15 is 0 Å². The minimum absolute atomic E-state index is 0.101. The number of anilines is 1. The van der Waals surface area contributed by atoms with Crippen LogP contribution in [0, 0.1) is 12.7 Å². The number of allylic oxidation sites excluding steroid dienone is 1.